The Labute approximate surface area is 129 Å². The summed E-state index contributed by atoms with van der Waals surface area (Å²) >= 11 is 0. The van der Waals surface area contributed by atoms with Crippen LogP contribution in [0.5, 0.6) is 0 Å². The average molecular weight is 309 g/mol. The van der Waals surface area contributed by atoms with Gasteiger partial charge in [-0.3, -0.25) is 0 Å². The van der Waals surface area contributed by atoms with Crippen LogP contribution in [0.15, 0.2) is 0 Å². The minimum absolute atomic E-state index is 0.0513. The van der Waals surface area contributed by atoms with E-state index in [0.29, 0.717) is 0 Å². The molecule has 0 spiro atoms. The molecule has 0 heterocycles. The molecule has 1 atom stereocenters. The topological polar surface area (TPSA) is 9.23 Å². The van der Waals surface area contributed by atoms with Gasteiger partial charge in [-0.2, -0.15) is 0 Å². The van der Waals surface area contributed by atoms with Crippen molar-refractivity contribution in [3.63, 3.8) is 0 Å². The van der Waals surface area contributed by atoms with E-state index in [1.54, 1.807) is 0 Å². The first-order chi connectivity index (χ1) is 8.89. The van der Waals surface area contributed by atoms with Gasteiger partial charge in [-0.15, -0.1) is 17.9 Å². The van der Waals surface area contributed by atoms with E-state index in [9.17, 15) is 0 Å². The molecule has 0 rings (SSSR count). The fourth-order valence-corrected chi connectivity index (χ4v) is 3.32. The maximum Gasteiger partial charge on any atom is 0.193 e. The summed E-state index contributed by atoms with van der Waals surface area (Å²) in [5, 5.41) is 0.208. The second-order valence-electron chi connectivity index (χ2n) is 7.98. The van der Waals surface area contributed by atoms with Gasteiger partial charge in [-0.25, -0.2) is 0 Å². The molecule has 114 valence electrons. The Morgan fingerprint density at radius 3 is 2.05 bits per heavy atom. The lowest BCUT2D eigenvalue weighted by molar-refractivity contribution is 0.221. The van der Waals surface area contributed by atoms with Gasteiger partial charge in [0.25, 0.3) is 0 Å². The van der Waals surface area contributed by atoms with Crippen molar-refractivity contribution in [2.75, 3.05) is 0 Å². The van der Waals surface area contributed by atoms with Crippen molar-refractivity contribution < 1.29 is 4.43 Å². The van der Waals surface area contributed by atoms with Crippen LogP contribution in [0.1, 0.15) is 40.0 Å². The quantitative estimate of drug-likeness (QED) is 0.392. The third-order valence-corrected chi connectivity index (χ3v) is 9.07. The molecule has 0 aromatic heterocycles. The monoisotopic (exact) mass is 308 g/mol. The zero-order chi connectivity index (χ0) is 16.0. The maximum atomic E-state index is 6.26. The number of hydrogen-bond acceptors (Lipinski definition) is 1. The number of unbranched alkanes of at least 4 members (excludes halogenated alkanes) is 1. The molecular formula is C17H32OSi2. The van der Waals surface area contributed by atoms with Crippen molar-refractivity contribution in [3.8, 4) is 23.8 Å². The Kier molecular flexibility index (Phi) is 7.32. The smallest absolute Gasteiger partial charge is 0.193 e. The van der Waals surface area contributed by atoms with Crippen LogP contribution in [0, 0.1) is 23.8 Å². The lowest BCUT2D eigenvalue weighted by Gasteiger charge is -2.38. The van der Waals surface area contributed by atoms with Gasteiger partial charge in [0.2, 0.25) is 0 Å². The summed E-state index contributed by atoms with van der Waals surface area (Å²) < 4.78 is 6.26. The summed E-state index contributed by atoms with van der Waals surface area (Å²) in [6.07, 6.45) is 8.46. The van der Waals surface area contributed by atoms with E-state index in [0.717, 1.165) is 19.3 Å². The van der Waals surface area contributed by atoms with Crippen LogP contribution in [0.2, 0.25) is 37.8 Å². The summed E-state index contributed by atoms with van der Waals surface area (Å²) in [6, 6.07) is 0. The highest BCUT2D eigenvalue weighted by Gasteiger charge is 2.38. The molecule has 0 N–H and O–H groups in total. The van der Waals surface area contributed by atoms with Crippen LogP contribution in [0.25, 0.3) is 0 Å². The molecule has 0 fully saturated rings. The van der Waals surface area contributed by atoms with Crippen LogP contribution in [-0.4, -0.2) is 22.5 Å². The van der Waals surface area contributed by atoms with Crippen LogP contribution in [-0.2, 0) is 4.43 Å². The molecule has 0 amide bonds. The molecular weight excluding hydrogens is 276 g/mol. The number of rotatable bonds is 5. The Morgan fingerprint density at radius 1 is 1.10 bits per heavy atom. The fourth-order valence-electron chi connectivity index (χ4n) is 1.41. The van der Waals surface area contributed by atoms with E-state index >= 15 is 0 Å². The van der Waals surface area contributed by atoms with E-state index in [1.807, 2.05) is 0 Å². The molecule has 3 heteroatoms. The first-order valence-electron chi connectivity index (χ1n) is 7.53. The van der Waals surface area contributed by atoms with Crippen molar-refractivity contribution in [3.05, 3.63) is 0 Å². The normalized spacial score (nSPS) is 14.2. The van der Waals surface area contributed by atoms with Crippen LogP contribution >= 0.6 is 0 Å². The highest BCUT2D eigenvalue weighted by Crippen LogP contribution is 2.37. The molecule has 0 saturated carbocycles. The Hall–Kier alpha value is -0.486. The first-order valence-corrected chi connectivity index (χ1v) is 13.9. The third-order valence-electron chi connectivity index (χ3n) is 3.66. The first kappa shape index (κ1) is 19.5. The summed E-state index contributed by atoms with van der Waals surface area (Å²) in [6.45, 7) is 18.0. The van der Waals surface area contributed by atoms with Gasteiger partial charge in [0.15, 0.2) is 8.32 Å². The standard InChI is InChI=1S/C17H32OSi2/c1-10-16(18-20(8,9)17(2,3)4)14-12-11-13-15-19(5,6)7/h1,16H,11-12,14H2,2-9H3. The van der Waals surface area contributed by atoms with Crippen molar-refractivity contribution >= 4 is 16.4 Å². The van der Waals surface area contributed by atoms with Gasteiger partial charge < -0.3 is 4.43 Å². The fraction of sp³-hybridized carbons (Fsp3) is 0.765. The Balaban J connectivity index is 4.32. The Morgan fingerprint density at radius 2 is 1.65 bits per heavy atom. The number of hydrogen-bond donors (Lipinski definition) is 0. The maximum absolute atomic E-state index is 6.26. The summed E-state index contributed by atoms with van der Waals surface area (Å²) in [4.78, 5) is 0. The van der Waals surface area contributed by atoms with E-state index < -0.39 is 16.4 Å². The minimum Gasteiger partial charge on any atom is -0.403 e. The van der Waals surface area contributed by atoms with Crippen molar-refractivity contribution in [1.82, 2.24) is 0 Å². The molecule has 0 aromatic carbocycles. The predicted octanol–water partition coefficient (Wildman–Crippen LogP) is 5.06. The SMILES string of the molecule is C#CC(CCCC#C[Si](C)(C)C)O[Si](C)(C)C(C)(C)C. The summed E-state index contributed by atoms with van der Waals surface area (Å²) in [5.41, 5.74) is 3.39. The van der Waals surface area contributed by atoms with Crippen LogP contribution < -0.4 is 0 Å². The zero-order valence-corrected chi connectivity index (χ0v) is 16.7. The second kappa shape index (κ2) is 7.50. The molecule has 20 heavy (non-hydrogen) atoms. The van der Waals surface area contributed by atoms with Crippen molar-refractivity contribution in [1.29, 1.82) is 0 Å². The van der Waals surface area contributed by atoms with Gasteiger partial charge in [0.1, 0.15) is 14.2 Å². The van der Waals surface area contributed by atoms with Crippen LogP contribution in [0.4, 0.5) is 0 Å². The largest absolute Gasteiger partial charge is 0.403 e. The molecule has 0 aliphatic rings. The van der Waals surface area contributed by atoms with E-state index in [4.69, 9.17) is 10.8 Å². The molecule has 0 bridgehead atoms. The highest BCUT2D eigenvalue weighted by molar-refractivity contribution is 6.83. The Bertz CT molecular complexity index is 394. The van der Waals surface area contributed by atoms with Gasteiger partial charge in [-0.05, 0) is 31.0 Å². The van der Waals surface area contributed by atoms with Crippen molar-refractivity contribution in [2.45, 2.75) is 83.9 Å². The van der Waals surface area contributed by atoms with Gasteiger partial charge in [0.05, 0.1) is 0 Å². The van der Waals surface area contributed by atoms with Crippen LogP contribution in [0.3, 0.4) is 0 Å². The molecule has 0 aliphatic heterocycles. The lowest BCUT2D eigenvalue weighted by atomic mass is 10.2. The molecule has 0 aromatic rings. The third kappa shape index (κ3) is 7.95. The predicted molar refractivity (Wildman–Crippen MR) is 95.9 cm³/mol. The molecule has 0 saturated heterocycles. The number of terminal acetylenes is 1. The second-order valence-corrected chi connectivity index (χ2v) is 17.5. The molecule has 1 nitrogen and oxygen atoms in total. The minimum atomic E-state index is -1.76. The van der Waals surface area contributed by atoms with Gasteiger partial charge in [0, 0.05) is 6.42 Å². The van der Waals surface area contributed by atoms with Gasteiger partial charge >= 0.3 is 0 Å². The lowest BCUT2D eigenvalue weighted by Crippen LogP contribution is -2.43. The van der Waals surface area contributed by atoms with Gasteiger partial charge in [-0.1, -0.05) is 46.3 Å². The highest BCUT2D eigenvalue weighted by atomic mass is 28.4. The zero-order valence-electron chi connectivity index (χ0n) is 14.7. The van der Waals surface area contributed by atoms with E-state index in [-0.39, 0.29) is 11.1 Å². The molecule has 0 aliphatic carbocycles. The molecule has 0 radical (unpaired) electrons. The van der Waals surface area contributed by atoms with E-state index in [1.165, 1.54) is 0 Å². The van der Waals surface area contributed by atoms with Crippen molar-refractivity contribution in [2.24, 2.45) is 0 Å². The molecule has 1 unspecified atom stereocenters. The van der Waals surface area contributed by atoms with E-state index in [2.05, 4.69) is 70.9 Å². The average Bonchev–Trinajstić information content (AvgIpc) is 2.23. The summed E-state index contributed by atoms with van der Waals surface area (Å²) in [7, 11) is -2.99. The summed E-state index contributed by atoms with van der Waals surface area (Å²) in [5.74, 6) is 6.11.